The van der Waals surface area contributed by atoms with Crippen molar-refractivity contribution in [2.24, 2.45) is 5.92 Å². The minimum atomic E-state index is -0.307. The first-order valence-corrected chi connectivity index (χ1v) is 6.68. The lowest BCUT2D eigenvalue weighted by atomic mass is 9.85. The standard InChI is InChI=1S/C15H20O2/c1-17-13-9-8-10-4-2-3-5-12(10)14(13)15(16)11-6-7-11/h8-9,11,15-16H,2-7H2,1H3. The monoisotopic (exact) mass is 232 g/mol. The van der Waals surface area contributed by atoms with E-state index in [2.05, 4.69) is 6.07 Å². The van der Waals surface area contributed by atoms with Crippen molar-refractivity contribution in [3.8, 4) is 5.75 Å². The van der Waals surface area contributed by atoms with E-state index in [-0.39, 0.29) is 6.10 Å². The molecule has 0 saturated heterocycles. The van der Waals surface area contributed by atoms with Gasteiger partial charge in [0.15, 0.2) is 0 Å². The SMILES string of the molecule is COc1ccc2c(c1C(O)C1CC1)CCCC2. The number of fused-ring (bicyclic) bond motifs is 1. The second kappa shape index (κ2) is 4.34. The highest BCUT2D eigenvalue weighted by Gasteiger charge is 2.34. The van der Waals surface area contributed by atoms with E-state index < -0.39 is 0 Å². The van der Waals surface area contributed by atoms with Crippen LogP contribution in [0.25, 0.3) is 0 Å². The molecule has 2 aliphatic rings. The highest BCUT2D eigenvalue weighted by Crippen LogP contribution is 2.46. The maximum Gasteiger partial charge on any atom is 0.124 e. The molecule has 2 aliphatic carbocycles. The lowest BCUT2D eigenvalue weighted by Crippen LogP contribution is -2.12. The predicted molar refractivity (Wildman–Crippen MR) is 67.3 cm³/mol. The van der Waals surface area contributed by atoms with Gasteiger partial charge in [0.25, 0.3) is 0 Å². The molecule has 1 fully saturated rings. The van der Waals surface area contributed by atoms with Gasteiger partial charge in [-0.3, -0.25) is 0 Å². The summed E-state index contributed by atoms with van der Waals surface area (Å²) in [5.41, 5.74) is 3.88. The summed E-state index contributed by atoms with van der Waals surface area (Å²) in [5.74, 6) is 1.35. The van der Waals surface area contributed by atoms with Crippen LogP contribution in [0.1, 0.15) is 48.5 Å². The van der Waals surface area contributed by atoms with Crippen LogP contribution in [0.15, 0.2) is 12.1 Å². The normalized spacial score (nSPS) is 20.8. The van der Waals surface area contributed by atoms with Crippen molar-refractivity contribution < 1.29 is 9.84 Å². The van der Waals surface area contributed by atoms with Crippen molar-refractivity contribution in [3.63, 3.8) is 0 Å². The first-order chi connectivity index (χ1) is 8.31. The molecule has 17 heavy (non-hydrogen) atoms. The van der Waals surface area contributed by atoms with E-state index in [1.165, 1.54) is 24.0 Å². The number of aliphatic hydroxyl groups is 1. The maximum atomic E-state index is 10.4. The molecule has 2 nitrogen and oxygen atoms in total. The second-order valence-electron chi connectivity index (χ2n) is 5.31. The summed E-state index contributed by atoms with van der Waals surface area (Å²) in [6.45, 7) is 0. The molecule has 0 aliphatic heterocycles. The van der Waals surface area contributed by atoms with Crippen LogP contribution in [-0.4, -0.2) is 12.2 Å². The number of methoxy groups -OCH3 is 1. The lowest BCUT2D eigenvalue weighted by Gasteiger charge is -2.24. The minimum Gasteiger partial charge on any atom is -0.496 e. The molecule has 1 unspecified atom stereocenters. The van der Waals surface area contributed by atoms with Crippen LogP contribution >= 0.6 is 0 Å². The number of ether oxygens (including phenoxy) is 1. The number of hydrogen-bond acceptors (Lipinski definition) is 2. The Morgan fingerprint density at radius 1 is 1.24 bits per heavy atom. The summed E-state index contributed by atoms with van der Waals surface area (Å²) < 4.78 is 5.45. The molecule has 2 heteroatoms. The van der Waals surface area contributed by atoms with Gasteiger partial charge in [-0.25, -0.2) is 0 Å². The fraction of sp³-hybridized carbons (Fsp3) is 0.600. The Kier molecular flexibility index (Phi) is 2.83. The molecule has 0 radical (unpaired) electrons. The van der Waals surface area contributed by atoms with Gasteiger partial charge < -0.3 is 9.84 Å². The van der Waals surface area contributed by atoms with Crippen LogP contribution in [0, 0.1) is 5.92 Å². The van der Waals surface area contributed by atoms with Crippen molar-refractivity contribution >= 4 is 0 Å². The molecule has 92 valence electrons. The van der Waals surface area contributed by atoms with E-state index in [1.54, 1.807) is 7.11 Å². The van der Waals surface area contributed by atoms with Gasteiger partial charge in [0.05, 0.1) is 13.2 Å². The predicted octanol–water partition coefficient (Wildman–Crippen LogP) is 3.02. The Hall–Kier alpha value is -1.02. The first kappa shape index (κ1) is 11.1. The number of rotatable bonds is 3. The molecule has 0 spiro atoms. The molecule has 0 amide bonds. The van der Waals surface area contributed by atoms with Crippen LogP contribution in [-0.2, 0) is 12.8 Å². The molecular weight excluding hydrogens is 212 g/mol. The van der Waals surface area contributed by atoms with Crippen LogP contribution in [0.4, 0.5) is 0 Å². The topological polar surface area (TPSA) is 29.5 Å². The molecule has 1 atom stereocenters. The third kappa shape index (κ3) is 1.95. The number of aryl methyl sites for hydroxylation is 1. The van der Waals surface area contributed by atoms with Crippen LogP contribution < -0.4 is 4.74 Å². The zero-order valence-electron chi connectivity index (χ0n) is 10.4. The van der Waals surface area contributed by atoms with Gasteiger partial charge in [-0.1, -0.05) is 6.07 Å². The lowest BCUT2D eigenvalue weighted by molar-refractivity contribution is 0.148. The van der Waals surface area contributed by atoms with Crippen molar-refractivity contribution in [1.29, 1.82) is 0 Å². The second-order valence-corrected chi connectivity index (χ2v) is 5.31. The Labute approximate surface area is 103 Å². The Morgan fingerprint density at radius 3 is 2.71 bits per heavy atom. The van der Waals surface area contributed by atoms with E-state index in [9.17, 15) is 5.11 Å². The number of hydrogen-bond donors (Lipinski definition) is 1. The zero-order valence-corrected chi connectivity index (χ0v) is 10.4. The smallest absolute Gasteiger partial charge is 0.124 e. The summed E-state index contributed by atoms with van der Waals surface area (Å²) >= 11 is 0. The van der Waals surface area contributed by atoms with Gasteiger partial charge in [0.2, 0.25) is 0 Å². The van der Waals surface area contributed by atoms with Crippen LogP contribution in [0.2, 0.25) is 0 Å². The molecule has 1 aromatic rings. The average Bonchev–Trinajstić information content (AvgIpc) is 3.20. The highest BCUT2D eigenvalue weighted by molar-refractivity contribution is 5.48. The van der Waals surface area contributed by atoms with Crippen molar-refractivity contribution in [2.75, 3.05) is 7.11 Å². The molecule has 0 heterocycles. The Morgan fingerprint density at radius 2 is 2.00 bits per heavy atom. The van der Waals surface area contributed by atoms with Crippen molar-refractivity contribution in [1.82, 2.24) is 0 Å². The zero-order chi connectivity index (χ0) is 11.8. The van der Waals surface area contributed by atoms with E-state index in [0.717, 1.165) is 37.0 Å². The van der Waals surface area contributed by atoms with Gasteiger partial charge in [0.1, 0.15) is 5.75 Å². The summed E-state index contributed by atoms with van der Waals surface area (Å²) in [6.07, 6.45) is 6.79. The number of aliphatic hydroxyl groups excluding tert-OH is 1. The fourth-order valence-electron chi connectivity index (χ4n) is 2.98. The summed E-state index contributed by atoms with van der Waals surface area (Å²) in [7, 11) is 1.70. The van der Waals surface area contributed by atoms with E-state index in [1.807, 2.05) is 6.07 Å². The van der Waals surface area contributed by atoms with E-state index in [4.69, 9.17) is 4.74 Å². The summed E-state index contributed by atoms with van der Waals surface area (Å²) in [6, 6.07) is 4.21. The van der Waals surface area contributed by atoms with E-state index >= 15 is 0 Å². The van der Waals surface area contributed by atoms with Gasteiger partial charge in [-0.15, -0.1) is 0 Å². The molecule has 0 bridgehead atoms. The van der Waals surface area contributed by atoms with Crippen LogP contribution in [0.3, 0.4) is 0 Å². The van der Waals surface area contributed by atoms with Gasteiger partial charge in [-0.05, 0) is 61.6 Å². The molecular formula is C15H20O2. The van der Waals surface area contributed by atoms with Gasteiger partial charge >= 0.3 is 0 Å². The Balaban J connectivity index is 2.07. The average molecular weight is 232 g/mol. The first-order valence-electron chi connectivity index (χ1n) is 6.68. The van der Waals surface area contributed by atoms with Crippen molar-refractivity contribution in [3.05, 3.63) is 28.8 Å². The molecule has 0 aromatic heterocycles. The third-order valence-corrected chi connectivity index (χ3v) is 4.12. The summed E-state index contributed by atoms with van der Waals surface area (Å²) in [5, 5.41) is 10.4. The molecule has 1 N–H and O–H groups in total. The van der Waals surface area contributed by atoms with E-state index in [0.29, 0.717) is 5.92 Å². The molecule has 1 saturated carbocycles. The Bertz CT molecular complexity index is 421. The van der Waals surface area contributed by atoms with Gasteiger partial charge in [0, 0.05) is 5.56 Å². The third-order valence-electron chi connectivity index (χ3n) is 4.12. The quantitative estimate of drug-likeness (QED) is 0.868. The van der Waals surface area contributed by atoms with Crippen LogP contribution in [0.5, 0.6) is 5.75 Å². The number of benzene rings is 1. The largest absolute Gasteiger partial charge is 0.496 e. The van der Waals surface area contributed by atoms with Crippen molar-refractivity contribution in [2.45, 2.75) is 44.6 Å². The summed E-state index contributed by atoms with van der Waals surface area (Å²) in [4.78, 5) is 0. The highest BCUT2D eigenvalue weighted by atomic mass is 16.5. The molecule has 1 aromatic carbocycles. The molecule has 3 rings (SSSR count). The minimum absolute atomic E-state index is 0.307. The maximum absolute atomic E-state index is 10.4. The van der Waals surface area contributed by atoms with Gasteiger partial charge in [-0.2, -0.15) is 0 Å². The fourth-order valence-corrected chi connectivity index (χ4v) is 2.98.